The molecule has 0 aliphatic carbocycles. The second-order valence-corrected chi connectivity index (χ2v) is 2.19. The van der Waals surface area contributed by atoms with E-state index in [2.05, 4.69) is 5.32 Å². The fourth-order valence-corrected chi connectivity index (χ4v) is 0.0707. The summed E-state index contributed by atoms with van der Waals surface area (Å²) in [4.78, 5) is 0. The van der Waals surface area contributed by atoms with Crippen molar-refractivity contribution < 1.29 is 5.11 Å². The minimum absolute atomic E-state index is 0.128. The average molecular weight is 102 g/mol. The highest BCUT2D eigenvalue weighted by Gasteiger charge is 2.12. The first-order chi connectivity index (χ1) is 3.12. The largest absolute Gasteiger partial charge is 0.394 e. The van der Waals surface area contributed by atoms with Crippen molar-refractivity contribution in [3.8, 4) is 0 Å². The maximum atomic E-state index is 8.50. The molecule has 0 bridgehead atoms. The van der Waals surface area contributed by atoms with Crippen molar-refractivity contribution in [1.82, 2.24) is 5.32 Å². The van der Waals surface area contributed by atoms with Crippen LogP contribution in [0.25, 0.3) is 0 Å². The summed E-state index contributed by atoms with van der Waals surface area (Å²) >= 11 is 0. The lowest BCUT2D eigenvalue weighted by Gasteiger charge is -2.17. The summed E-state index contributed by atoms with van der Waals surface area (Å²) in [6.45, 7) is 3.89. The lowest BCUT2D eigenvalue weighted by atomic mass is 10.1. The van der Waals surface area contributed by atoms with Gasteiger partial charge in [-0.25, -0.2) is 5.32 Å². The van der Waals surface area contributed by atoms with Crippen LogP contribution in [0.3, 0.4) is 0 Å². The van der Waals surface area contributed by atoms with Gasteiger partial charge in [-0.1, -0.05) is 0 Å². The van der Waals surface area contributed by atoms with Gasteiger partial charge < -0.3 is 5.11 Å². The number of hydrogen-bond acceptors (Lipinski definition) is 1. The summed E-state index contributed by atoms with van der Waals surface area (Å²) in [5.41, 5.74) is -0.236. The monoisotopic (exact) mass is 102 g/mol. The fraction of sp³-hybridized carbons (Fsp3) is 1.00. The van der Waals surface area contributed by atoms with Crippen LogP contribution in [-0.4, -0.2) is 24.3 Å². The van der Waals surface area contributed by atoms with Gasteiger partial charge in [0.2, 0.25) is 0 Å². The quantitative estimate of drug-likeness (QED) is 0.523. The van der Waals surface area contributed by atoms with Gasteiger partial charge in [0.25, 0.3) is 0 Å². The Morgan fingerprint density at radius 1 is 1.57 bits per heavy atom. The highest BCUT2D eigenvalue weighted by Crippen LogP contribution is 1.97. The molecular weight excluding hydrogens is 90.1 g/mol. The molecule has 7 heavy (non-hydrogen) atoms. The molecule has 0 aromatic heterocycles. The summed E-state index contributed by atoms with van der Waals surface area (Å²) in [7, 11) is 1.70. The normalized spacial score (nSPS) is 12.0. The van der Waals surface area contributed by atoms with E-state index in [1.54, 1.807) is 7.05 Å². The Labute approximate surface area is 44.5 Å². The van der Waals surface area contributed by atoms with Crippen LogP contribution < -0.4 is 5.32 Å². The van der Waals surface area contributed by atoms with Crippen LogP contribution in [0, 0.1) is 0 Å². The molecule has 43 valence electrons. The molecule has 2 heteroatoms. The first kappa shape index (κ1) is 6.92. The first-order valence-electron chi connectivity index (χ1n) is 2.34. The maximum absolute atomic E-state index is 8.50. The molecule has 0 heterocycles. The van der Waals surface area contributed by atoms with Gasteiger partial charge in [0.05, 0.1) is 12.1 Å². The highest BCUT2D eigenvalue weighted by molar-refractivity contribution is 4.71. The van der Waals surface area contributed by atoms with Crippen molar-refractivity contribution in [2.75, 3.05) is 13.7 Å². The van der Waals surface area contributed by atoms with Gasteiger partial charge in [-0.15, -0.1) is 0 Å². The number of aliphatic hydroxyl groups is 1. The second-order valence-electron chi connectivity index (χ2n) is 2.19. The lowest BCUT2D eigenvalue weighted by molar-refractivity contribution is 0.194. The third kappa shape index (κ3) is 2.60. The van der Waals surface area contributed by atoms with Gasteiger partial charge >= 0.3 is 0 Å². The minimum Gasteiger partial charge on any atom is -0.394 e. The van der Waals surface area contributed by atoms with Crippen molar-refractivity contribution in [3.63, 3.8) is 0 Å². The van der Waals surface area contributed by atoms with Gasteiger partial charge in [-0.2, -0.15) is 0 Å². The predicted molar refractivity (Wildman–Crippen MR) is 29.2 cm³/mol. The Balaban J connectivity index is 3.36. The van der Waals surface area contributed by atoms with Gasteiger partial charge in [-0.05, 0) is 13.8 Å². The van der Waals surface area contributed by atoms with E-state index in [1.165, 1.54) is 0 Å². The van der Waals surface area contributed by atoms with Crippen LogP contribution in [0.1, 0.15) is 13.8 Å². The van der Waals surface area contributed by atoms with Crippen LogP contribution in [0.15, 0.2) is 0 Å². The summed E-state index contributed by atoms with van der Waals surface area (Å²) in [5, 5.41) is 12.4. The van der Waals surface area contributed by atoms with Crippen LogP contribution in [-0.2, 0) is 0 Å². The van der Waals surface area contributed by atoms with Crippen molar-refractivity contribution in [2.24, 2.45) is 0 Å². The molecule has 0 saturated heterocycles. The Morgan fingerprint density at radius 3 is 2.00 bits per heavy atom. The highest BCUT2D eigenvalue weighted by atomic mass is 16.3. The molecule has 0 aliphatic rings. The van der Waals surface area contributed by atoms with E-state index in [9.17, 15) is 0 Å². The summed E-state index contributed by atoms with van der Waals surface area (Å²) in [6.07, 6.45) is 0. The van der Waals surface area contributed by atoms with E-state index in [1.807, 2.05) is 13.8 Å². The topological polar surface area (TPSA) is 34.3 Å². The molecule has 0 unspecified atom stereocenters. The van der Waals surface area contributed by atoms with Gasteiger partial charge in [0.1, 0.15) is 0 Å². The average Bonchev–Trinajstić information content (AvgIpc) is 1.68. The van der Waals surface area contributed by atoms with E-state index in [-0.39, 0.29) is 12.1 Å². The zero-order chi connectivity index (χ0) is 5.91. The molecule has 0 saturated carbocycles. The molecular formula is C5H12NO. The van der Waals surface area contributed by atoms with E-state index in [4.69, 9.17) is 5.11 Å². The molecule has 2 nitrogen and oxygen atoms in total. The summed E-state index contributed by atoms with van der Waals surface area (Å²) in [6, 6.07) is 0. The van der Waals surface area contributed by atoms with Crippen molar-refractivity contribution in [3.05, 3.63) is 0 Å². The standard InChI is InChI=1S/C5H12NO/c1-5(2,4-7)6-3/h7H,4H2,1-3H3. The zero-order valence-corrected chi connectivity index (χ0v) is 5.10. The molecule has 0 aromatic carbocycles. The number of nitrogens with zero attached hydrogens (tertiary/aromatic N) is 1. The van der Waals surface area contributed by atoms with Crippen molar-refractivity contribution in [1.29, 1.82) is 0 Å². The molecule has 0 amide bonds. The minimum atomic E-state index is -0.236. The van der Waals surface area contributed by atoms with Gasteiger partial charge in [0, 0.05) is 7.05 Å². The van der Waals surface area contributed by atoms with Crippen LogP contribution in [0.5, 0.6) is 0 Å². The van der Waals surface area contributed by atoms with Crippen LogP contribution in [0.4, 0.5) is 0 Å². The SMILES string of the molecule is C[N]C(C)(C)CO. The van der Waals surface area contributed by atoms with Crippen molar-refractivity contribution in [2.45, 2.75) is 19.4 Å². The van der Waals surface area contributed by atoms with E-state index in [0.29, 0.717) is 0 Å². The Bertz CT molecular complexity index is 46.0. The van der Waals surface area contributed by atoms with Crippen LogP contribution >= 0.6 is 0 Å². The Morgan fingerprint density at radius 2 is 2.00 bits per heavy atom. The summed E-state index contributed by atoms with van der Waals surface area (Å²) < 4.78 is 0. The molecule has 1 radical (unpaired) electrons. The van der Waals surface area contributed by atoms with Gasteiger partial charge in [-0.3, -0.25) is 0 Å². The third-order valence-electron chi connectivity index (χ3n) is 0.992. The second kappa shape index (κ2) is 2.28. The van der Waals surface area contributed by atoms with Crippen LogP contribution in [0.2, 0.25) is 0 Å². The Hall–Kier alpha value is -0.0800. The molecule has 0 aliphatic heterocycles. The summed E-state index contributed by atoms with van der Waals surface area (Å²) in [5.74, 6) is 0. The molecule has 0 spiro atoms. The maximum Gasteiger partial charge on any atom is 0.0623 e. The lowest BCUT2D eigenvalue weighted by Crippen LogP contribution is -2.34. The smallest absolute Gasteiger partial charge is 0.0623 e. The first-order valence-corrected chi connectivity index (χ1v) is 2.34. The Kier molecular flexibility index (Phi) is 2.26. The fourth-order valence-electron chi connectivity index (χ4n) is 0.0707. The van der Waals surface area contributed by atoms with Crippen molar-refractivity contribution >= 4 is 0 Å². The molecule has 0 rings (SSSR count). The van der Waals surface area contributed by atoms with Gasteiger partial charge in [0.15, 0.2) is 0 Å². The molecule has 1 N–H and O–H groups in total. The number of aliphatic hydroxyl groups excluding tert-OH is 1. The third-order valence-corrected chi connectivity index (χ3v) is 0.992. The molecule has 0 fully saturated rings. The predicted octanol–water partition coefficient (Wildman–Crippen LogP) is -0.00850. The number of hydrogen-bond donors (Lipinski definition) is 1. The number of rotatable bonds is 2. The zero-order valence-electron chi connectivity index (χ0n) is 5.10. The number of likely N-dealkylation sites (N-methyl/N-ethyl adjacent to an activating group) is 1. The molecule has 0 atom stereocenters. The molecule has 0 aromatic rings. The van der Waals surface area contributed by atoms with E-state index in [0.717, 1.165) is 0 Å². The van der Waals surface area contributed by atoms with E-state index < -0.39 is 0 Å². The van der Waals surface area contributed by atoms with E-state index >= 15 is 0 Å².